The molecule has 0 amide bonds. The maximum absolute atomic E-state index is 13.3. The number of methoxy groups -OCH3 is 1. The van der Waals surface area contributed by atoms with Crippen LogP contribution < -0.4 is 10.5 Å². The molecule has 2 rings (SSSR count). The summed E-state index contributed by atoms with van der Waals surface area (Å²) in [5.41, 5.74) is 8.11. The topological polar surface area (TPSA) is 44.5 Å². The van der Waals surface area contributed by atoms with Crippen LogP contribution in [0.1, 0.15) is 16.7 Å². The first-order valence-electron chi connectivity index (χ1n) is 6.91. The fourth-order valence-corrected chi connectivity index (χ4v) is 2.01. The van der Waals surface area contributed by atoms with Crippen LogP contribution in [0.25, 0.3) is 0 Å². The van der Waals surface area contributed by atoms with Crippen LogP contribution >= 0.6 is 0 Å². The minimum atomic E-state index is -0.274. The van der Waals surface area contributed by atoms with E-state index in [4.69, 9.17) is 15.2 Å². The van der Waals surface area contributed by atoms with E-state index in [1.54, 1.807) is 19.2 Å². The molecule has 0 aliphatic rings. The van der Waals surface area contributed by atoms with Gasteiger partial charge in [0.15, 0.2) is 0 Å². The minimum absolute atomic E-state index is 0.188. The molecule has 2 aromatic carbocycles. The predicted octanol–water partition coefficient (Wildman–Crippen LogP) is 3.05. The molecule has 3 nitrogen and oxygen atoms in total. The molecule has 0 fully saturated rings. The van der Waals surface area contributed by atoms with Crippen molar-refractivity contribution in [3.05, 3.63) is 65.0 Å². The minimum Gasteiger partial charge on any atom is -0.489 e. The summed E-state index contributed by atoms with van der Waals surface area (Å²) in [5, 5.41) is 0. The Kier molecular flexibility index (Phi) is 5.72. The molecule has 0 heterocycles. The number of hydrogen-bond donors (Lipinski definition) is 1. The molecule has 0 aliphatic heterocycles. The predicted molar refractivity (Wildman–Crippen MR) is 80.6 cm³/mol. The van der Waals surface area contributed by atoms with E-state index in [0.717, 1.165) is 17.7 Å². The largest absolute Gasteiger partial charge is 0.489 e. The van der Waals surface area contributed by atoms with E-state index in [9.17, 15) is 4.39 Å². The zero-order valence-corrected chi connectivity index (χ0v) is 12.1. The molecule has 2 N–H and O–H groups in total. The summed E-state index contributed by atoms with van der Waals surface area (Å²) in [7, 11) is 1.69. The average Bonchev–Trinajstić information content (AvgIpc) is 2.53. The second kappa shape index (κ2) is 7.76. The van der Waals surface area contributed by atoms with Crippen LogP contribution in [0, 0.1) is 5.82 Å². The third-order valence-electron chi connectivity index (χ3n) is 3.25. The van der Waals surface area contributed by atoms with Gasteiger partial charge in [-0.2, -0.15) is 0 Å². The van der Waals surface area contributed by atoms with Crippen LogP contribution in [-0.4, -0.2) is 13.7 Å². The number of benzene rings is 2. The van der Waals surface area contributed by atoms with E-state index >= 15 is 0 Å². The van der Waals surface area contributed by atoms with Crippen molar-refractivity contribution < 1.29 is 13.9 Å². The summed E-state index contributed by atoms with van der Waals surface area (Å²) in [4.78, 5) is 0. The molecule has 4 heteroatoms. The Hall–Kier alpha value is -1.91. The van der Waals surface area contributed by atoms with E-state index in [-0.39, 0.29) is 12.4 Å². The Balaban J connectivity index is 1.93. The lowest BCUT2D eigenvalue weighted by Crippen LogP contribution is -2.03. The normalized spacial score (nSPS) is 10.6. The first-order valence-corrected chi connectivity index (χ1v) is 6.91. The molecule has 0 aromatic heterocycles. The van der Waals surface area contributed by atoms with Crippen LogP contribution in [0.5, 0.6) is 5.75 Å². The number of rotatable bonds is 7. The van der Waals surface area contributed by atoms with Gasteiger partial charge in [0.25, 0.3) is 0 Å². The molecule has 0 radical (unpaired) electrons. The molecule has 0 atom stereocenters. The lowest BCUT2D eigenvalue weighted by atomic mass is 10.1. The Morgan fingerprint density at radius 3 is 2.43 bits per heavy atom. The molecule has 0 spiro atoms. The molecule has 112 valence electrons. The van der Waals surface area contributed by atoms with Crippen molar-refractivity contribution in [2.45, 2.75) is 19.6 Å². The number of halogens is 1. The second-order valence-corrected chi connectivity index (χ2v) is 4.81. The van der Waals surface area contributed by atoms with E-state index in [0.29, 0.717) is 18.8 Å². The molecule has 0 unspecified atom stereocenters. The van der Waals surface area contributed by atoms with Crippen molar-refractivity contribution in [1.29, 1.82) is 0 Å². The average molecular weight is 289 g/mol. The van der Waals surface area contributed by atoms with Gasteiger partial charge in [-0.05, 0) is 41.8 Å². The standard InChI is InChI=1S/C17H20FNO2/c1-20-9-8-13-2-5-16(6-3-13)21-12-14-4-7-17(18)15(10-14)11-19/h2-7,10H,8-9,11-12,19H2,1H3. The van der Waals surface area contributed by atoms with Crippen LogP contribution in [0.3, 0.4) is 0 Å². The Morgan fingerprint density at radius 2 is 1.76 bits per heavy atom. The first-order chi connectivity index (χ1) is 10.2. The van der Waals surface area contributed by atoms with Crippen LogP contribution in [0.4, 0.5) is 4.39 Å². The fourth-order valence-electron chi connectivity index (χ4n) is 2.01. The van der Waals surface area contributed by atoms with E-state index in [2.05, 4.69) is 0 Å². The van der Waals surface area contributed by atoms with Crippen LogP contribution in [0.2, 0.25) is 0 Å². The zero-order valence-electron chi connectivity index (χ0n) is 12.1. The third-order valence-corrected chi connectivity index (χ3v) is 3.25. The van der Waals surface area contributed by atoms with Gasteiger partial charge < -0.3 is 15.2 Å². The molecule has 0 saturated heterocycles. The first kappa shape index (κ1) is 15.5. The second-order valence-electron chi connectivity index (χ2n) is 4.81. The molecule has 0 bridgehead atoms. The smallest absolute Gasteiger partial charge is 0.127 e. The number of ether oxygens (including phenoxy) is 2. The van der Waals surface area contributed by atoms with E-state index < -0.39 is 0 Å². The Morgan fingerprint density at radius 1 is 1.05 bits per heavy atom. The van der Waals surface area contributed by atoms with Gasteiger partial charge in [0.2, 0.25) is 0 Å². The third kappa shape index (κ3) is 4.55. The summed E-state index contributed by atoms with van der Waals surface area (Å²) < 4.78 is 24.1. The summed E-state index contributed by atoms with van der Waals surface area (Å²) in [6.07, 6.45) is 0.884. The fraction of sp³-hybridized carbons (Fsp3) is 0.294. The summed E-state index contributed by atoms with van der Waals surface area (Å²) in [6, 6.07) is 12.8. The SMILES string of the molecule is COCCc1ccc(OCc2ccc(F)c(CN)c2)cc1. The van der Waals surface area contributed by atoms with Crippen molar-refractivity contribution in [2.24, 2.45) is 5.73 Å². The van der Waals surface area contributed by atoms with Crippen molar-refractivity contribution in [3.8, 4) is 5.75 Å². The van der Waals surface area contributed by atoms with Gasteiger partial charge in [-0.25, -0.2) is 4.39 Å². The lowest BCUT2D eigenvalue weighted by Gasteiger charge is -2.09. The highest BCUT2D eigenvalue weighted by Gasteiger charge is 2.03. The van der Waals surface area contributed by atoms with Crippen molar-refractivity contribution in [2.75, 3.05) is 13.7 Å². The van der Waals surface area contributed by atoms with Crippen LogP contribution in [0.15, 0.2) is 42.5 Å². The van der Waals surface area contributed by atoms with Gasteiger partial charge in [-0.1, -0.05) is 18.2 Å². The molecular formula is C17H20FNO2. The quantitative estimate of drug-likeness (QED) is 0.852. The molecule has 21 heavy (non-hydrogen) atoms. The van der Waals surface area contributed by atoms with Gasteiger partial charge in [0.1, 0.15) is 18.2 Å². The van der Waals surface area contributed by atoms with E-state index in [1.807, 2.05) is 24.3 Å². The van der Waals surface area contributed by atoms with Gasteiger partial charge in [0, 0.05) is 19.2 Å². The maximum atomic E-state index is 13.3. The van der Waals surface area contributed by atoms with Gasteiger partial charge in [-0.15, -0.1) is 0 Å². The molecule has 0 aliphatic carbocycles. The summed E-state index contributed by atoms with van der Waals surface area (Å²) >= 11 is 0. The maximum Gasteiger partial charge on any atom is 0.127 e. The highest BCUT2D eigenvalue weighted by Crippen LogP contribution is 2.16. The van der Waals surface area contributed by atoms with Crippen molar-refractivity contribution >= 4 is 0 Å². The zero-order chi connectivity index (χ0) is 15.1. The highest BCUT2D eigenvalue weighted by atomic mass is 19.1. The van der Waals surface area contributed by atoms with Crippen molar-refractivity contribution in [3.63, 3.8) is 0 Å². The summed E-state index contributed by atoms with van der Waals surface area (Å²) in [6.45, 7) is 1.29. The Labute approximate surface area is 124 Å². The van der Waals surface area contributed by atoms with E-state index in [1.165, 1.54) is 11.6 Å². The molecule has 0 saturated carbocycles. The van der Waals surface area contributed by atoms with Gasteiger partial charge in [-0.3, -0.25) is 0 Å². The van der Waals surface area contributed by atoms with Gasteiger partial charge in [0.05, 0.1) is 6.61 Å². The molecular weight excluding hydrogens is 269 g/mol. The molecule has 2 aromatic rings. The summed E-state index contributed by atoms with van der Waals surface area (Å²) in [5.74, 6) is 0.513. The number of nitrogens with two attached hydrogens (primary N) is 1. The highest BCUT2D eigenvalue weighted by molar-refractivity contribution is 5.29. The van der Waals surface area contributed by atoms with Crippen molar-refractivity contribution in [1.82, 2.24) is 0 Å². The number of hydrogen-bond acceptors (Lipinski definition) is 3. The lowest BCUT2D eigenvalue weighted by molar-refractivity contribution is 0.202. The Bertz CT molecular complexity index is 570. The van der Waals surface area contributed by atoms with Gasteiger partial charge >= 0.3 is 0 Å². The van der Waals surface area contributed by atoms with Crippen LogP contribution in [-0.2, 0) is 24.3 Å². The monoisotopic (exact) mass is 289 g/mol.